The van der Waals surface area contributed by atoms with Gasteiger partial charge < -0.3 is 19.0 Å². The van der Waals surface area contributed by atoms with Crippen LogP contribution in [0.5, 0.6) is 0 Å². The lowest BCUT2D eigenvalue weighted by molar-refractivity contribution is 0.0714. The zero-order valence-electron chi connectivity index (χ0n) is 15.4. The number of anilines is 1. The highest BCUT2D eigenvalue weighted by molar-refractivity contribution is 7.89. The molecule has 10 heteroatoms. The van der Waals surface area contributed by atoms with Gasteiger partial charge in [-0.3, -0.25) is 4.79 Å². The van der Waals surface area contributed by atoms with Crippen LogP contribution < -0.4 is 4.90 Å². The molecule has 0 aliphatic carbocycles. The third kappa shape index (κ3) is 3.75. The Hall–Kier alpha value is -2.43. The van der Waals surface area contributed by atoms with Crippen LogP contribution in [-0.4, -0.2) is 81.0 Å². The molecule has 1 amide bonds. The number of amides is 1. The zero-order valence-corrected chi connectivity index (χ0v) is 16.2. The van der Waals surface area contributed by atoms with Crippen molar-refractivity contribution in [3.63, 3.8) is 0 Å². The Labute approximate surface area is 163 Å². The first-order valence-electron chi connectivity index (χ1n) is 9.17. The number of rotatable bonds is 4. The van der Waals surface area contributed by atoms with Crippen LogP contribution in [0.15, 0.2) is 46.0 Å². The minimum Gasteiger partial charge on any atom is -0.459 e. The normalized spacial score (nSPS) is 19.0. The molecule has 0 aromatic carbocycles. The molecule has 2 aliphatic heterocycles. The predicted octanol–water partition coefficient (Wildman–Crippen LogP) is 0.658. The maximum absolute atomic E-state index is 12.7. The van der Waals surface area contributed by atoms with Gasteiger partial charge in [-0.05, 0) is 24.3 Å². The van der Waals surface area contributed by atoms with E-state index in [1.807, 2.05) is 4.90 Å². The fourth-order valence-corrected chi connectivity index (χ4v) is 4.70. The summed E-state index contributed by atoms with van der Waals surface area (Å²) < 4.78 is 37.1. The second-order valence-corrected chi connectivity index (χ2v) is 8.56. The zero-order chi connectivity index (χ0) is 19.6. The number of aromatic nitrogens is 1. The van der Waals surface area contributed by atoms with Gasteiger partial charge in [0.2, 0.25) is 10.0 Å². The number of pyridine rings is 1. The Kier molecular flexibility index (Phi) is 5.33. The van der Waals surface area contributed by atoms with Crippen LogP contribution >= 0.6 is 0 Å². The van der Waals surface area contributed by atoms with E-state index in [1.54, 1.807) is 29.2 Å². The van der Waals surface area contributed by atoms with Crippen LogP contribution in [0, 0.1) is 0 Å². The lowest BCUT2D eigenvalue weighted by Gasteiger charge is -2.35. The van der Waals surface area contributed by atoms with Crippen molar-refractivity contribution in [3.05, 3.63) is 42.5 Å². The van der Waals surface area contributed by atoms with Gasteiger partial charge in [0.05, 0.1) is 19.5 Å². The van der Waals surface area contributed by atoms with E-state index in [-0.39, 0.29) is 10.8 Å². The van der Waals surface area contributed by atoms with E-state index in [1.165, 1.54) is 16.8 Å². The number of carbonyl (C=O) groups is 1. The molecule has 0 spiro atoms. The van der Waals surface area contributed by atoms with Crippen molar-refractivity contribution in [2.45, 2.75) is 4.90 Å². The Bertz CT molecular complexity index is 900. The topological polar surface area (TPSA) is 96.2 Å². The number of sulfonamides is 1. The van der Waals surface area contributed by atoms with Gasteiger partial charge in [-0.1, -0.05) is 0 Å². The molecule has 0 unspecified atom stereocenters. The molecule has 0 N–H and O–H groups in total. The van der Waals surface area contributed by atoms with E-state index >= 15 is 0 Å². The molecule has 2 aromatic rings. The molecule has 0 radical (unpaired) electrons. The van der Waals surface area contributed by atoms with Gasteiger partial charge in [0.15, 0.2) is 5.76 Å². The Balaban J connectivity index is 1.39. The molecule has 2 fully saturated rings. The molecule has 0 bridgehead atoms. The average molecular weight is 406 g/mol. The van der Waals surface area contributed by atoms with Crippen molar-refractivity contribution < 1.29 is 22.4 Å². The Morgan fingerprint density at radius 1 is 1.00 bits per heavy atom. The first kappa shape index (κ1) is 18.9. The number of hydrogen-bond donors (Lipinski definition) is 0. The fourth-order valence-electron chi connectivity index (χ4n) is 3.34. The maximum atomic E-state index is 12.7. The van der Waals surface area contributed by atoms with Crippen molar-refractivity contribution in [1.82, 2.24) is 14.2 Å². The van der Waals surface area contributed by atoms with Gasteiger partial charge >= 0.3 is 0 Å². The third-order valence-corrected chi connectivity index (χ3v) is 6.83. The van der Waals surface area contributed by atoms with E-state index in [0.29, 0.717) is 64.1 Å². The maximum Gasteiger partial charge on any atom is 0.289 e. The van der Waals surface area contributed by atoms with Crippen molar-refractivity contribution in [1.29, 1.82) is 0 Å². The smallest absolute Gasteiger partial charge is 0.289 e. The molecule has 2 aromatic heterocycles. The first-order chi connectivity index (χ1) is 13.6. The predicted molar refractivity (Wildman–Crippen MR) is 101 cm³/mol. The quantitative estimate of drug-likeness (QED) is 0.736. The molecular weight excluding hydrogens is 384 g/mol. The van der Waals surface area contributed by atoms with Crippen LogP contribution in [0.25, 0.3) is 0 Å². The molecule has 2 saturated heterocycles. The van der Waals surface area contributed by atoms with E-state index < -0.39 is 10.0 Å². The van der Waals surface area contributed by atoms with Crippen molar-refractivity contribution in [2.75, 3.05) is 57.4 Å². The molecule has 150 valence electrons. The SMILES string of the molecule is O=C(c1ccco1)N1CCN(c2ccc(S(=O)(=O)N3CCOCC3)cn2)CC1. The number of ether oxygens (including phenoxy) is 1. The van der Waals surface area contributed by atoms with Crippen LogP contribution in [0.2, 0.25) is 0 Å². The van der Waals surface area contributed by atoms with Gasteiger partial charge in [0, 0.05) is 45.5 Å². The second-order valence-electron chi connectivity index (χ2n) is 6.63. The summed E-state index contributed by atoms with van der Waals surface area (Å²) in [6.07, 6.45) is 2.89. The van der Waals surface area contributed by atoms with Crippen LogP contribution in [0.4, 0.5) is 5.82 Å². The van der Waals surface area contributed by atoms with Crippen molar-refractivity contribution >= 4 is 21.7 Å². The summed E-state index contributed by atoms with van der Waals surface area (Å²) in [5.41, 5.74) is 0. The summed E-state index contributed by atoms with van der Waals surface area (Å²) in [5, 5.41) is 0. The average Bonchev–Trinajstić information content (AvgIpc) is 3.29. The monoisotopic (exact) mass is 406 g/mol. The van der Waals surface area contributed by atoms with Gasteiger partial charge in [0.1, 0.15) is 10.7 Å². The standard InChI is InChI=1S/C18H22N4O5S/c23-18(16-2-1-11-27-16)21-7-5-20(6-8-21)17-4-3-15(14-19-17)28(24,25)22-9-12-26-13-10-22/h1-4,11,14H,5-10,12-13H2. The van der Waals surface area contributed by atoms with Gasteiger partial charge in [-0.25, -0.2) is 13.4 Å². The lowest BCUT2D eigenvalue weighted by Crippen LogP contribution is -2.49. The highest BCUT2D eigenvalue weighted by Gasteiger charge is 2.28. The number of hydrogen-bond acceptors (Lipinski definition) is 7. The summed E-state index contributed by atoms with van der Waals surface area (Å²) in [7, 11) is -3.55. The largest absolute Gasteiger partial charge is 0.459 e. The highest BCUT2D eigenvalue weighted by Crippen LogP contribution is 2.20. The van der Waals surface area contributed by atoms with Crippen LogP contribution in [-0.2, 0) is 14.8 Å². The number of nitrogens with zero attached hydrogens (tertiary/aromatic N) is 4. The second kappa shape index (κ2) is 7.90. The molecule has 9 nitrogen and oxygen atoms in total. The van der Waals surface area contributed by atoms with E-state index in [2.05, 4.69) is 4.98 Å². The van der Waals surface area contributed by atoms with Crippen molar-refractivity contribution in [3.8, 4) is 0 Å². The van der Waals surface area contributed by atoms with E-state index in [0.717, 1.165) is 0 Å². The summed E-state index contributed by atoms with van der Waals surface area (Å²) in [5.74, 6) is 0.917. The fraction of sp³-hybridized carbons (Fsp3) is 0.444. The Morgan fingerprint density at radius 2 is 1.75 bits per heavy atom. The first-order valence-corrected chi connectivity index (χ1v) is 10.6. The molecule has 4 heterocycles. The van der Waals surface area contributed by atoms with Gasteiger partial charge in [-0.15, -0.1) is 0 Å². The van der Waals surface area contributed by atoms with Crippen LogP contribution in [0.3, 0.4) is 0 Å². The highest BCUT2D eigenvalue weighted by atomic mass is 32.2. The molecule has 28 heavy (non-hydrogen) atoms. The molecule has 2 aliphatic rings. The van der Waals surface area contributed by atoms with Gasteiger partial charge in [0.25, 0.3) is 5.91 Å². The molecule has 0 saturated carbocycles. The molecule has 4 rings (SSSR count). The number of carbonyl (C=O) groups excluding carboxylic acids is 1. The van der Waals surface area contributed by atoms with E-state index in [4.69, 9.17) is 9.15 Å². The molecular formula is C18H22N4O5S. The minimum absolute atomic E-state index is 0.121. The third-order valence-electron chi connectivity index (χ3n) is 4.95. The Morgan fingerprint density at radius 3 is 2.36 bits per heavy atom. The summed E-state index contributed by atoms with van der Waals surface area (Å²) >= 11 is 0. The van der Waals surface area contributed by atoms with Crippen LogP contribution in [0.1, 0.15) is 10.6 Å². The lowest BCUT2D eigenvalue weighted by atomic mass is 10.2. The van der Waals surface area contributed by atoms with Crippen molar-refractivity contribution in [2.24, 2.45) is 0 Å². The summed E-state index contributed by atoms with van der Waals surface area (Å²) in [6.45, 7) is 3.87. The summed E-state index contributed by atoms with van der Waals surface area (Å²) in [6, 6.07) is 6.66. The molecule has 0 atom stereocenters. The number of morpholine rings is 1. The number of piperazine rings is 1. The van der Waals surface area contributed by atoms with E-state index in [9.17, 15) is 13.2 Å². The summed E-state index contributed by atoms with van der Waals surface area (Å²) in [4.78, 5) is 20.6. The minimum atomic E-state index is -3.55. The van der Waals surface area contributed by atoms with Gasteiger partial charge in [-0.2, -0.15) is 4.31 Å². The number of furan rings is 1.